The van der Waals surface area contributed by atoms with E-state index in [4.69, 9.17) is 25.8 Å². The number of ketones is 2. The first kappa shape index (κ1) is 17.8. The van der Waals surface area contributed by atoms with Crippen molar-refractivity contribution in [3.63, 3.8) is 0 Å². The molecule has 0 aromatic heterocycles. The minimum Gasteiger partial charge on any atom is -0.498 e. The van der Waals surface area contributed by atoms with E-state index in [9.17, 15) is 14.7 Å². The average molecular weight is 384 g/mol. The predicted molar refractivity (Wildman–Crippen MR) is 91.2 cm³/mol. The number of allylic oxidation sites excluding steroid dienone is 2. The number of halogens is 1. The molecule has 2 N–H and O–H groups in total. The van der Waals surface area contributed by atoms with E-state index in [1.54, 1.807) is 0 Å². The highest BCUT2D eigenvalue weighted by Gasteiger charge is 2.82. The van der Waals surface area contributed by atoms with Crippen molar-refractivity contribution in [1.29, 1.82) is 0 Å². The van der Waals surface area contributed by atoms with Crippen LogP contribution in [0.15, 0.2) is 23.4 Å². The van der Waals surface area contributed by atoms with Crippen molar-refractivity contribution in [2.24, 2.45) is 10.8 Å². The maximum absolute atomic E-state index is 13.2. The first-order valence-electron chi connectivity index (χ1n) is 8.59. The molecule has 0 radical (unpaired) electrons. The number of ether oxygens (including phenoxy) is 3. The number of hydrogen-bond acceptors (Lipinski definition) is 7. The number of carbonyl (C=O) groups excluding carboxylic acids is 2. The van der Waals surface area contributed by atoms with Gasteiger partial charge in [-0.3, -0.25) is 9.59 Å². The monoisotopic (exact) mass is 384 g/mol. The Morgan fingerprint density at radius 3 is 2.54 bits per heavy atom. The third-order valence-corrected chi connectivity index (χ3v) is 7.40. The first-order valence-corrected chi connectivity index (χ1v) is 9.03. The van der Waals surface area contributed by atoms with Gasteiger partial charge in [-0.05, 0) is 19.4 Å². The van der Waals surface area contributed by atoms with Gasteiger partial charge in [0.1, 0.15) is 11.9 Å². The Morgan fingerprint density at radius 1 is 1.23 bits per heavy atom. The lowest BCUT2D eigenvalue weighted by Crippen LogP contribution is -2.63. The number of aliphatic hydroxyl groups is 1. The molecule has 8 heteroatoms. The van der Waals surface area contributed by atoms with E-state index in [0.29, 0.717) is 25.1 Å². The zero-order valence-corrected chi connectivity index (χ0v) is 15.7. The van der Waals surface area contributed by atoms with Crippen LogP contribution in [-0.4, -0.2) is 61.6 Å². The molecular weight excluding hydrogens is 362 g/mol. The molecule has 1 spiro atoms. The van der Waals surface area contributed by atoms with Gasteiger partial charge in [-0.2, -0.15) is 0 Å². The predicted octanol–water partition coefficient (Wildman–Crippen LogP) is 0.653. The van der Waals surface area contributed by atoms with E-state index in [-0.39, 0.29) is 29.5 Å². The van der Waals surface area contributed by atoms with Gasteiger partial charge in [0.25, 0.3) is 0 Å². The summed E-state index contributed by atoms with van der Waals surface area (Å²) in [5.41, 5.74) is -3.10. The summed E-state index contributed by atoms with van der Waals surface area (Å²) in [4.78, 5) is 26.1. The molecule has 142 valence electrons. The Kier molecular flexibility index (Phi) is 3.75. The summed E-state index contributed by atoms with van der Waals surface area (Å²) in [6, 6.07) is 0. The van der Waals surface area contributed by atoms with Crippen LogP contribution in [0.1, 0.15) is 19.3 Å². The van der Waals surface area contributed by atoms with Crippen LogP contribution in [-0.2, 0) is 23.8 Å². The van der Waals surface area contributed by atoms with Crippen LogP contribution in [0, 0.1) is 10.8 Å². The number of rotatable bonds is 3. The quantitative estimate of drug-likeness (QED) is 0.690. The minimum atomic E-state index is -1.35. The van der Waals surface area contributed by atoms with Gasteiger partial charge >= 0.3 is 0 Å². The number of hydrogen-bond donors (Lipinski definition) is 2. The Hall–Kier alpha value is -1.57. The molecule has 1 saturated heterocycles. The summed E-state index contributed by atoms with van der Waals surface area (Å²) in [6.45, 7) is 0.574. The number of nitrogens with one attached hydrogen (secondary N) is 1. The summed E-state index contributed by atoms with van der Waals surface area (Å²) in [5.74, 6) is 0.155. The fraction of sp³-hybridized carbons (Fsp3) is 0.667. The van der Waals surface area contributed by atoms with Crippen LogP contribution in [0.2, 0.25) is 0 Å². The van der Waals surface area contributed by atoms with Crippen molar-refractivity contribution in [3.05, 3.63) is 23.4 Å². The number of methoxy groups -OCH3 is 3. The van der Waals surface area contributed by atoms with Crippen molar-refractivity contribution in [1.82, 2.24) is 5.32 Å². The fourth-order valence-electron chi connectivity index (χ4n) is 6.03. The van der Waals surface area contributed by atoms with Gasteiger partial charge in [-0.15, -0.1) is 11.6 Å². The van der Waals surface area contributed by atoms with E-state index >= 15 is 0 Å². The van der Waals surface area contributed by atoms with Gasteiger partial charge in [0.15, 0.2) is 11.5 Å². The van der Waals surface area contributed by atoms with Gasteiger partial charge in [-0.1, -0.05) is 0 Å². The van der Waals surface area contributed by atoms with Crippen LogP contribution in [0.5, 0.6) is 0 Å². The molecule has 4 aliphatic rings. The lowest BCUT2D eigenvalue weighted by atomic mass is 9.52. The van der Waals surface area contributed by atoms with Crippen molar-refractivity contribution in [2.75, 3.05) is 27.9 Å². The molecule has 0 aromatic carbocycles. The zero-order valence-electron chi connectivity index (χ0n) is 14.9. The standard InChI is InChI=1S/C18H22ClNO6/c1-24-10-6-12(22)18(14(10)23)11(19)8-17-15(26-3)13(25-2)9(21)7-16(17,18)4-5-20-17/h6,11,14,20,23H,4-5,7-8H2,1-3H3/t11?,14-,16+,17+,18?/m0/s1/i19+1. The molecule has 0 aromatic rings. The van der Waals surface area contributed by atoms with Gasteiger partial charge in [0, 0.05) is 17.9 Å². The van der Waals surface area contributed by atoms with Crippen LogP contribution in [0.3, 0.4) is 0 Å². The SMILES string of the molecule is COC1=CC(=O)C2(C([36Cl])C[C@]34NCC[C@]23CC(=O)C(OC)=C4OC)[C@H]1O. The summed E-state index contributed by atoms with van der Waals surface area (Å²) in [5, 5.41) is 13.8. The molecule has 0 amide bonds. The van der Waals surface area contributed by atoms with E-state index in [1.165, 1.54) is 27.4 Å². The van der Waals surface area contributed by atoms with Crippen molar-refractivity contribution in [2.45, 2.75) is 36.3 Å². The van der Waals surface area contributed by atoms with Crippen LogP contribution >= 0.6 is 11.6 Å². The lowest BCUT2D eigenvalue weighted by Gasteiger charge is -2.51. The molecule has 0 bridgehead atoms. The number of Topliss-reactive ketones (excluding diaryl/α,β-unsaturated/α-hetero) is 1. The Balaban J connectivity index is 2.00. The Bertz CT molecular complexity index is 763. The number of carbonyl (C=O) groups is 2. The van der Waals surface area contributed by atoms with Crippen LogP contribution in [0.25, 0.3) is 0 Å². The van der Waals surface area contributed by atoms with E-state index < -0.39 is 27.8 Å². The normalized spacial score (nSPS) is 44.3. The van der Waals surface area contributed by atoms with Crippen molar-refractivity contribution in [3.8, 4) is 0 Å². The highest BCUT2D eigenvalue weighted by molar-refractivity contribution is 6.25. The summed E-state index contributed by atoms with van der Waals surface area (Å²) >= 11 is 6.77. The van der Waals surface area contributed by atoms with E-state index in [2.05, 4.69) is 5.32 Å². The second kappa shape index (κ2) is 5.47. The molecule has 4 rings (SSSR count). The molecular formula is C18H22ClNO6. The fourth-order valence-corrected chi connectivity index (χ4v) is 6.70. The molecule has 3 aliphatic carbocycles. The number of aliphatic hydroxyl groups excluding tert-OH is 1. The molecule has 2 unspecified atom stereocenters. The maximum Gasteiger partial charge on any atom is 0.201 e. The van der Waals surface area contributed by atoms with Gasteiger partial charge < -0.3 is 24.6 Å². The summed E-state index contributed by atoms with van der Waals surface area (Å²) in [7, 11) is 4.31. The second-order valence-electron chi connectivity index (χ2n) is 7.39. The van der Waals surface area contributed by atoms with E-state index in [1.807, 2.05) is 0 Å². The van der Waals surface area contributed by atoms with Crippen LogP contribution < -0.4 is 5.32 Å². The zero-order chi connectivity index (χ0) is 18.9. The van der Waals surface area contributed by atoms with Gasteiger partial charge in [0.2, 0.25) is 11.5 Å². The molecule has 5 atom stereocenters. The molecule has 1 heterocycles. The highest BCUT2D eigenvalue weighted by atomic mass is 36.0. The highest BCUT2D eigenvalue weighted by Crippen LogP contribution is 2.72. The molecule has 26 heavy (non-hydrogen) atoms. The Labute approximate surface area is 156 Å². The summed E-state index contributed by atoms with van der Waals surface area (Å²) in [6.07, 6.45) is 1.01. The first-order chi connectivity index (χ1) is 12.4. The smallest absolute Gasteiger partial charge is 0.201 e. The largest absolute Gasteiger partial charge is 0.498 e. The Morgan fingerprint density at radius 2 is 1.96 bits per heavy atom. The maximum atomic E-state index is 13.2. The molecule has 1 aliphatic heterocycles. The second-order valence-corrected chi connectivity index (χ2v) is 7.92. The van der Waals surface area contributed by atoms with Crippen molar-refractivity contribution >= 4 is 23.2 Å². The molecule has 7 nitrogen and oxygen atoms in total. The molecule has 2 fully saturated rings. The topological polar surface area (TPSA) is 94.1 Å². The van der Waals surface area contributed by atoms with Gasteiger partial charge in [0.05, 0.1) is 37.7 Å². The molecule has 1 saturated carbocycles. The lowest BCUT2D eigenvalue weighted by molar-refractivity contribution is -0.146. The van der Waals surface area contributed by atoms with Crippen LogP contribution in [0.4, 0.5) is 0 Å². The number of alkyl halides is 1. The third kappa shape index (κ3) is 1.59. The van der Waals surface area contributed by atoms with E-state index in [0.717, 1.165) is 0 Å². The summed E-state index contributed by atoms with van der Waals surface area (Å²) < 4.78 is 16.2. The van der Waals surface area contributed by atoms with Crippen molar-refractivity contribution < 1.29 is 28.9 Å². The van der Waals surface area contributed by atoms with Gasteiger partial charge in [-0.25, -0.2) is 0 Å². The minimum absolute atomic E-state index is 0.0485. The average Bonchev–Trinajstić information content (AvgIpc) is 3.16. The third-order valence-electron chi connectivity index (χ3n) is 6.90.